The molecule has 5 heteroatoms. The summed E-state index contributed by atoms with van der Waals surface area (Å²) in [5.41, 5.74) is 0.973. The molecule has 4 nitrogen and oxygen atoms in total. The van der Waals surface area contributed by atoms with Crippen molar-refractivity contribution in [1.82, 2.24) is 4.72 Å². The van der Waals surface area contributed by atoms with Crippen molar-refractivity contribution in [3.63, 3.8) is 0 Å². The quantitative estimate of drug-likeness (QED) is 0.833. The summed E-state index contributed by atoms with van der Waals surface area (Å²) in [6.45, 7) is 3.06. The van der Waals surface area contributed by atoms with Gasteiger partial charge in [-0.1, -0.05) is 37.3 Å². The van der Waals surface area contributed by atoms with Crippen LogP contribution in [0.2, 0.25) is 0 Å². The van der Waals surface area contributed by atoms with Crippen molar-refractivity contribution in [3.05, 3.63) is 35.9 Å². The van der Waals surface area contributed by atoms with Crippen LogP contribution in [0.4, 0.5) is 0 Å². The van der Waals surface area contributed by atoms with E-state index in [1.165, 1.54) is 6.92 Å². The number of rotatable bonds is 6. The monoisotopic (exact) mass is 255 g/mol. The Balaban J connectivity index is 2.62. The summed E-state index contributed by atoms with van der Waals surface area (Å²) < 4.78 is 25.6. The number of benzene rings is 1. The molecule has 0 heterocycles. The Morgan fingerprint density at radius 3 is 2.41 bits per heavy atom. The van der Waals surface area contributed by atoms with E-state index in [1.54, 1.807) is 0 Å². The van der Waals surface area contributed by atoms with Crippen LogP contribution in [-0.2, 0) is 14.8 Å². The highest BCUT2D eigenvalue weighted by Gasteiger charge is 2.16. The van der Waals surface area contributed by atoms with E-state index in [-0.39, 0.29) is 24.0 Å². The maximum absolute atomic E-state index is 11.7. The van der Waals surface area contributed by atoms with Crippen LogP contribution in [0.5, 0.6) is 0 Å². The van der Waals surface area contributed by atoms with Crippen LogP contribution in [0.3, 0.4) is 0 Å². The van der Waals surface area contributed by atoms with Crippen LogP contribution in [0.15, 0.2) is 30.3 Å². The van der Waals surface area contributed by atoms with Crippen LogP contribution in [0, 0.1) is 0 Å². The van der Waals surface area contributed by atoms with Gasteiger partial charge in [0, 0.05) is 0 Å². The lowest BCUT2D eigenvalue weighted by atomic mass is 10.0. The predicted molar refractivity (Wildman–Crippen MR) is 67.3 cm³/mol. The molecule has 94 valence electrons. The van der Waals surface area contributed by atoms with Crippen molar-refractivity contribution in [2.45, 2.75) is 19.8 Å². The predicted octanol–water partition coefficient (Wildman–Crippen LogP) is 1.30. The van der Waals surface area contributed by atoms with Gasteiger partial charge in [0.1, 0.15) is 5.78 Å². The lowest BCUT2D eigenvalue weighted by Gasteiger charge is -2.12. The maximum Gasteiger partial charge on any atom is 0.212 e. The van der Waals surface area contributed by atoms with E-state index in [0.717, 1.165) is 5.56 Å². The lowest BCUT2D eigenvalue weighted by molar-refractivity contribution is -0.115. The van der Waals surface area contributed by atoms with Gasteiger partial charge < -0.3 is 0 Å². The van der Waals surface area contributed by atoms with Gasteiger partial charge in [-0.3, -0.25) is 4.79 Å². The van der Waals surface area contributed by atoms with E-state index in [9.17, 15) is 13.2 Å². The number of sulfonamides is 1. The average Bonchev–Trinajstić information content (AvgIpc) is 2.27. The zero-order valence-corrected chi connectivity index (χ0v) is 10.8. The number of nitrogens with one attached hydrogen (secondary N) is 1. The highest BCUT2D eigenvalue weighted by Crippen LogP contribution is 2.15. The fraction of sp³-hybridized carbons (Fsp3) is 0.417. The van der Waals surface area contributed by atoms with Gasteiger partial charge in [-0.25, -0.2) is 13.1 Å². The van der Waals surface area contributed by atoms with Crippen LogP contribution in [0.25, 0.3) is 0 Å². The molecule has 0 aliphatic heterocycles. The third kappa shape index (κ3) is 5.10. The molecule has 1 atom stereocenters. The third-order valence-corrected chi connectivity index (χ3v) is 3.90. The molecular weight excluding hydrogens is 238 g/mol. The van der Waals surface area contributed by atoms with Gasteiger partial charge in [0.2, 0.25) is 10.0 Å². The molecule has 1 unspecified atom stereocenters. The molecule has 17 heavy (non-hydrogen) atoms. The second kappa shape index (κ2) is 5.93. The summed E-state index contributed by atoms with van der Waals surface area (Å²) in [4.78, 5) is 10.7. The molecule has 0 saturated heterocycles. The fourth-order valence-electron chi connectivity index (χ4n) is 1.48. The van der Waals surface area contributed by atoms with Crippen molar-refractivity contribution in [2.24, 2.45) is 0 Å². The third-order valence-electron chi connectivity index (χ3n) is 2.38. The Labute approximate surface area is 102 Å². The van der Waals surface area contributed by atoms with E-state index >= 15 is 0 Å². The van der Waals surface area contributed by atoms with Gasteiger partial charge in [-0.15, -0.1) is 0 Å². The highest BCUT2D eigenvalue weighted by atomic mass is 32.2. The number of ketones is 1. The Hall–Kier alpha value is -1.20. The van der Waals surface area contributed by atoms with E-state index < -0.39 is 10.0 Å². The van der Waals surface area contributed by atoms with Gasteiger partial charge in [-0.2, -0.15) is 0 Å². The topological polar surface area (TPSA) is 63.2 Å². The van der Waals surface area contributed by atoms with Gasteiger partial charge >= 0.3 is 0 Å². The minimum Gasteiger partial charge on any atom is -0.299 e. The zero-order valence-electron chi connectivity index (χ0n) is 10.0. The Morgan fingerprint density at radius 1 is 1.29 bits per heavy atom. The minimum absolute atomic E-state index is 0.00963. The highest BCUT2D eigenvalue weighted by molar-refractivity contribution is 7.89. The standard InChI is InChI=1S/C12H17NO3S/c1-10(12-6-4-3-5-7-12)9-17(15,16)13-8-11(2)14/h3-7,10,13H,8-9H2,1-2H3. The summed E-state index contributed by atoms with van der Waals surface area (Å²) in [6, 6.07) is 9.43. The maximum atomic E-state index is 11.7. The molecular formula is C12H17NO3S. The van der Waals surface area contributed by atoms with E-state index in [0.29, 0.717) is 0 Å². The number of hydrogen-bond donors (Lipinski definition) is 1. The molecule has 1 rings (SSSR count). The number of carbonyl (C=O) groups is 1. The van der Waals surface area contributed by atoms with E-state index in [2.05, 4.69) is 4.72 Å². The van der Waals surface area contributed by atoms with Gasteiger partial charge in [0.25, 0.3) is 0 Å². The summed E-state index contributed by atoms with van der Waals surface area (Å²) >= 11 is 0. The van der Waals surface area contributed by atoms with Crippen LogP contribution < -0.4 is 4.72 Å². The van der Waals surface area contributed by atoms with E-state index in [1.807, 2.05) is 37.3 Å². The smallest absolute Gasteiger partial charge is 0.212 e. The van der Waals surface area contributed by atoms with Gasteiger partial charge in [-0.05, 0) is 18.4 Å². The second-order valence-corrected chi connectivity index (χ2v) is 5.97. The molecule has 1 aromatic carbocycles. The van der Waals surface area contributed by atoms with Gasteiger partial charge in [0.15, 0.2) is 0 Å². The van der Waals surface area contributed by atoms with E-state index in [4.69, 9.17) is 0 Å². The largest absolute Gasteiger partial charge is 0.299 e. The molecule has 0 aliphatic rings. The minimum atomic E-state index is -3.39. The SMILES string of the molecule is CC(=O)CNS(=O)(=O)CC(C)c1ccccc1. The number of hydrogen-bond acceptors (Lipinski definition) is 3. The number of carbonyl (C=O) groups excluding carboxylic acids is 1. The lowest BCUT2D eigenvalue weighted by Crippen LogP contribution is -2.32. The molecule has 0 bridgehead atoms. The van der Waals surface area contributed by atoms with Crippen molar-refractivity contribution < 1.29 is 13.2 Å². The first kappa shape index (κ1) is 13.9. The van der Waals surface area contributed by atoms with Crippen molar-refractivity contribution in [3.8, 4) is 0 Å². The molecule has 0 fully saturated rings. The second-order valence-electron chi connectivity index (χ2n) is 4.12. The summed E-state index contributed by atoms with van der Waals surface area (Å²) in [5, 5.41) is 0. The zero-order chi connectivity index (χ0) is 12.9. The van der Waals surface area contributed by atoms with Gasteiger partial charge in [0.05, 0.1) is 12.3 Å². The van der Waals surface area contributed by atoms with Crippen molar-refractivity contribution in [1.29, 1.82) is 0 Å². The molecule has 1 aromatic rings. The normalized spacial score (nSPS) is 13.3. The molecule has 0 saturated carbocycles. The molecule has 0 aliphatic carbocycles. The van der Waals surface area contributed by atoms with Crippen LogP contribution in [-0.4, -0.2) is 26.5 Å². The Kier molecular flexibility index (Phi) is 4.84. The average molecular weight is 255 g/mol. The summed E-state index contributed by atoms with van der Waals surface area (Å²) in [5.74, 6) is -0.300. The first-order valence-corrected chi connectivity index (χ1v) is 7.07. The molecule has 0 spiro atoms. The van der Waals surface area contributed by atoms with Crippen molar-refractivity contribution in [2.75, 3.05) is 12.3 Å². The molecule has 0 amide bonds. The molecule has 0 radical (unpaired) electrons. The Morgan fingerprint density at radius 2 is 1.88 bits per heavy atom. The summed E-state index contributed by atoms with van der Waals surface area (Å²) in [6.07, 6.45) is 0. The van der Waals surface area contributed by atoms with Crippen LogP contribution >= 0.6 is 0 Å². The number of Topliss-reactive ketones (excluding diaryl/α,β-unsaturated/α-hetero) is 1. The Bertz CT molecular complexity index is 468. The summed E-state index contributed by atoms with van der Waals surface area (Å²) in [7, 11) is -3.39. The molecule has 1 N–H and O–H groups in total. The van der Waals surface area contributed by atoms with Crippen LogP contribution in [0.1, 0.15) is 25.3 Å². The molecule has 0 aromatic heterocycles. The van der Waals surface area contributed by atoms with Crippen molar-refractivity contribution >= 4 is 15.8 Å². The first-order valence-electron chi connectivity index (χ1n) is 5.42. The fourth-order valence-corrected chi connectivity index (χ4v) is 2.87. The first-order chi connectivity index (χ1) is 7.91.